The summed E-state index contributed by atoms with van der Waals surface area (Å²) in [6.07, 6.45) is 3.98. The lowest BCUT2D eigenvalue weighted by molar-refractivity contribution is 0.237. The standard InChI is InChI=1S/C20H21N5O2/c1-13-9-22-16(10-21-13)19-23-17-12-25(8-7-15(17)20(26)24-19)11-14-5-3-4-6-18(14)27-2/h3-6,9-10H,7-8,11-12H2,1-2H3,(H,23,24,26). The van der Waals surface area contributed by atoms with Crippen molar-refractivity contribution in [1.29, 1.82) is 0 Å². The first-order valence-corrected chi connectivity index (χ1v) is 8.89. The van der Waals surface area contributed by atoms with Crippen LogP contribution in [-0.2, 0) is 19.5 Å². The predicted octanol–water partition coefficient (Wildman–Crippen LogP) is 2.10. The third-order valence-electron chi connectivity index (χ3n) is 4.76. The molecule has 0 radical (unpaired) electrons. The van der Waals surface area contributed by atoms with Crippen molar-refractivity contribution in [1.82, 2.24) is 24.8 Å². The predicted molar refractivity (Wildman–Crippen MR) is 101 cm³/mol. The zero-order chi connectivity index (χ0) is 18.8. The van der Waals surface area contributed by atoms with Crippen LogP contribution < -0.4 is 10.3 Å². The van der Waals surface area contributed by atoms with E-state index in [1.165, 1.54) is 0 Å². The second-order valence-electron chi connectivity index (χ2n) is 6.66. The second kappa shape index (κ2) is 7.28. The average Bonchev–Trinajstić information content (AvgIpc) is 2.68. The number of aromatic amines is 1. The van der Waals surface area contributed by atoms with Crippen LogP contribution in [0.25, 0.3) is 11.5 Å². The fourth-order valence-corrected chi connectivity index (χ4v) is 3.34. The van der Waals surface area contributed by atoms with Gasteiger partial charge >= 0.3 is 0 Å². The summed E-state index contributed by atoms with van der Waals surface area (Å²) in [6, 6.07) is 7.99. The molecular formula is C20H21N5O2. The minimum absolute atomic E-state index is 0.0886. The van der Waals surface area contributed by atoms with Crippen LogP contribution >= 0.6 is 0 Å². The van der Waals surface area contributed by atoms with E-state index in [-0.39, 0.29) is 5.56 Å². The molecular weight excluding hydrogens is 342 g/mol. The number of H-pyrrole nitrogens is 1. The fraction of sp³-hybridized carbons (Fsp3) is 0.300. The number of rotatable bonds is 4. The van der Waals surface area contributed by atoms with Crippen molar-refractivity contribution in [2.24, 2.45) is 0 Å². The molecule has 7 heteroatoms. The van der Waals surface area contributed by atoms with Crippen LogP contribution in [0.4, 0.5) is 0 Å². The molecule has 1 aliphatic heterocycles. The van der Waals surface area contributed by atoms with Gasteiger partial charge in [0.05, 0.1) is 24.7 Å². The Hall–Kier alpha value is -3.06. The third-order valence-corrected chi connectivity index (χ3v) is 4.76. The SMILES string of the molecule is COc1ccccc1CN1CCc2c(nc(-c3cnc(C)cn3)[nH]c2=O)C1. The van der Waals surface area contributed by atoms with Crippen molar-refractivity contribution in [2.45, 2.75) is 26.4 Å². The number of hydrogen-bond donors (Lipinski definition) is 1. The molecule has 7 nitrogen and oxygen atoms in total. The van der Waals surface area contributed by atoms with Gasteiger partial charge in [-0.05, 0) is 19.4 Å². The summed E-state index contributed by atoms with van der Waals surface area (Å²) in [4.78, 5) is 30.9. The molecule has 27 heavy (non-hydrogen) atoms. The Balaban J connectivity index is 1.61. The van der Waals surface area contributed by atoms with E-state index in [1.807, 2.05) is 25.1 Å². The van der Waals surface area contributed by atoms with Crippen LogP contribution in [0.1, 0.15) is 22.5 Å². The van der Waals surface area contributed by atoms with Gasteiger partial charge in [0.1, 0.15) is 11.4 Å². The van der Waals surface area contributed by atoms with Crippen molar-refractivity contribution in [3.8, 4) is 17.3 Å². The van der Waals surface area contributed by atoms with Crippen molar-refractivity contribution in [3.05, 3.63) is 69.5 Å². The summed E-state index contributed by atoms with van der Waals surface area (Å²) in [5.74, 6) is 1.34. The number of aryl methyl sites for hydroxylation is 1. The number of ether oxygens (including phenoxy) is 1. The van der Waals surface area contributed by atoms with E-state index >= 15 is 0 Å². The molecule has 3 aromatic rings. The highest BCUT2D eigenvalue weighted by Crippen LogP contribution is 2.23. The van der Waals surface area contributed by atoms with E-state index in [1.54, 1.807) is 19.5 Å². The highest BCUT2D eigenvalue weighted by atomic mass is 16.5. The van der Waals surface area contributed by atoms with Gasteiger partial charge in [0.25, 0.3) is 5.56 Å². The molecule has 0 unspecified atom stereocenters. The maximum absolute atomic E-state index is 12.5. The summed E-state index contributed by atoms with van der Waals surface area (Å²) in [7, 11) is 1.68. The molecule has 0 aliphatic carbocycles. The van der Waals surface area contributed by atoms with Gasteiger partial charge in [-0.2, -0.15) is 0 Å². The second-order valence-corrected chi connectivity index (χ2v) is 6.66. The quantitative estimate of drug-likeness (QED) is 0.764. The van der Waals surface area contributed by atoms with Crippen molar-refractivity contribution >= 4 is 0 Å². The highest BCUT2D eigenvalue weighted by molar-refractivity contribution is 5.48. The average molecular weight is 363 g/mol. The zero-order valence-electron chi connectivity index (χ0n) is 15.4. The monoisotopic (exact) mass is 363 g/mol. The van der Waals surface area contributed by atoms with Gasteiger partial charge in [-0.1, -0.05) is 18.2 Å². The molecule has 3 heterocycles. The topological polar surface area (TPSA) is 84.0 Å². The van der Waals surface area contributed by atoms with Crippen LogP contribution in [-0.4, -0.2) is 38.5 Å². The first-order valence-electron chi connectivity index (χ1n) is 8.89. The van der Waals surface area contributed by atoms with E-state index in [0.29, 0.717) is 24.5 Å². The number of hydrogen-bond acceptors (Lipinski definition) is 6. The highest BCUT2D eigenvalue weighted by Gasteiger charge is 2.22. The number of nitrogens with one attached hydrogen (secondary N) is 1. The summed E-state index contributed by atoms with van der Waals surface area (Å²) in [6.45, 7) is 4.04. The molecule has 1 aliphatic rings. The van der Waals surface area contributed by atoms with E-state index in [9.17, 15) is 4.79 Å². The molecule has 0 amide bonds. The van der Waals surface area contributed by atoms with Gasteiger partial charge in [-0.15, -0.1) is 0 Å². The Morgan fingerprint density at radius 3 is 2.85 bits per heavy atom. The molecule has 138 valence electrons. The Morgan fingerprint density at radius 1 is 1.22 bits per heavy atom. The van der Waals surface area contributed by atoms with Crippen LogP contribution in [0.2, 0.25) is 0 Å². The van der Waals surface area contributed by atoms with E-state index in [0.717, 1.165) is 41.4 Å². The summed E-state index contributed by atoms with van der Waals surface area (Å²) >= 11 is 0. The van der Waals surface area contributed by atoms with Crippen LogP contribution in [0.3, 0.4) is 0 Å². The number of fused-ring (bicyclic) bond motifs is 1. The minimum Gasteiger partial charge on any atom is -0.496 e. The molecule has 1 N–H and O–H groups in total. The van der Waals surface area contributed by atoms with Gasteiger partial charge in [-0.3, -0.25) is 14.7 Å². The van der Waals surface area contributed by atoms with Gasteiger partial charge in [0, 0.05) is 37.0 Å². The van der Waals surface area contributed by atoms with Gasteiger partial charge in [0.15, 0.2) is 5.82 Å². The molecule has 0 fully saturated rings. The lowest BCUT2D eigenvalue weighted by atomic mass is 10.1. The van der Waals surface area contributed by atoms with Crippen molar-refractivity contribution < 1.29 is 4.74 Å². The number of aromatic nitrogens is 4. The maximum Gasteiger partial charge on any atom is 0.254 e. The van der Waals surface area contributed by atoms with Gasteiger partial charge in [0.2, 0.25) is 0 Å². The third kappa shape index (κ3) is 3.59. The molecule has 0 bridgehead atoms. The Bertz CT molecular complexity index is 1010. The lowest BCUT2D eigenvalue weighted by Crippen LogP contribution is -2.35. The maximum atomic E-state index is 12.5. The molecule has 0 saturated heterocycles. The van der Waals surface area contributed by atoms with E-state index < -0.39 is 0 Å². The molecule has 0 spiro atoms. The molecule has 0 saturated carbocycles. The fourth-order valence-electron chi connectivity index (χ4n) is 3.34. The van der Waals surface area contributed by atoms with Crippen LogP contribution in [0.15, 0.2) is 41.5 Å². The van der Waals surface area contributed by atoms with Crippen LogP contribution in [0.5, 0.6) is 5.75 Å². The Morgan fingerprint density at radius 2 is 2.07 bits per heavy atom. The molecule has 0 atom stereocenters. The summed E-state index contributed by atoms with van der Waals surface area (Å²) in [5.41, 5.74) is 3.99. The first kappa shape index (κ1) is 17.4. The summed E-state index contributed by atoms with van der Waals surface area (Å²) < 4.78 is 5.45. The normalized spacial score (nSPS) is 14.0. The van der Waals surface area contributed by atoms with Gasteiger partial charge in [-0.25, -0.2) is 9.97 Å². The van der Waals surface area contributed by atoms with Crippen LogP contribution in [0, 0.1) is 6.92 Å². The Kier molecular flexibility index (Phi) is 4.68. The Labute approximate surface area is 157 Å². The van der Waals surface area contributed by atoms with Gasteiger partial charge < -0.3 is 9.72 Å². The number of nitrogens with zero attached hydrogens (tertiary/aromatic N) is 4. The van der Waals surface area contributed by atoms with E-state index in [2.05, 4.69) is 30.9 Å². The molecule has 2 aromatic heterocycles. The molecule has 1 aromatic carbocycles. The number of benzene rings is 1. The summed E-state index contributed by atoms with van der Waals surface area (Å²) in [5, 5.41) is 0. The van der Waals surface area contributed by atoms with Crippen molar-refractivity contribution in [3.63, 3.8) is 0 Å². The smallest absolute Gasteiger partial charge is 0.254 e. The van der Waals surface area contributed by atoms with Crippen molar-refractivity contribution in [2.75, 3.05) is 13.7 Å². The minimum atomic E-state index is -0.0886. The zero-order valence-corrected chi connectivity index (χ0v) is 15.4. The molecule has 4 rings (SSSR count). The lowest BCUT2D eigenvalue weighted by Gasteiger charge is -2.28. The number of para-hydroxylation sites is 1. The largest absolute Gasteiger partial charge is 0.496 e. The number of methoxy groups -OCH3 is 1. The van der Waals surface area contributed by atoms with E-state index in [4.69, 9.17) is 4.74 Å². The first-order chi connectivity index (χ1) is 13.1.